The SMILES string of the molecule is CC(C)C(C)OC(=O)CCCC(=O)OCCCCCCCCCl. The molecule has 0 fully saturated rings. The fourth-order valence-electron chi connectivity index (χ4n) is 1.94. The van der Waals surface area contributed by atoms with E-state index in [4.69, 9.17) is 21.1 Å². The maximum atomic E-state index is 11.6. The summed E-state index contributed by atoms with van der Waals surface area (Å²) in [5.41, 5.74) is 0. The highest BCUT2D eigenvalue weighted by atomic mass is 35.5. The summed E-state index contributed by atoms with van der Waals surface area (Å²) < 4.78 is 10.4. The highest BCUT2D eigenvalue weighted by molar-refractivity contribution is 6.17. The topological polar surface area (TPSA) is 52.6 Å². The highest BCUT2D eigenvalue weighted by Crippen LogP contribution is 2.09. The third kappa shape index (κ3) is 14.5. The first kappa shape index (κ1) is 22.2. The second-order valence-electron chi connectivity index (χ2n) is 6.32. The second-order valence-corrected chi connectivity index (χ2v) is 6.70. The lowest BCUT2D eigenvalue weighted by Crippen LogP contribution is -2.20. The molecule has 136 valence electrons. The molecule has 0 bridgehead atoms. The van der Waals surface area contributed by atoms with Crippen LogP contribution in [0.4, 0.5) is 0 Å². The highest BCUT2D eigenvalue weighted by Gasteiger charge is 2.13. The summed E-state index contributed by atoms with van der Waals surface area (Å²) in [6.45, 7) is 6.37. The third-order valence-corrected chi connectivity index (χ3v) is 4.08. The molecule has 0 aromatic heterocycles. The molecule has 0 heterocycles. The van der Waals surface area contributed by atoms with Crippen molar-refractivity contribution in [1.82, 2.24) is 0 Å². The van der Waals surface area contributed by atoms with Gasteiger partial charge in [-0.15, -0.1) is 11.6 Å². The largest absolute Gasteiger partial charge is 0.466 e. The van der Waals surface area contributed by atoms with Crippen LogP contribution in [-0.4, -0.2) is 30.5 Å². The maximum absolute atomic E-state index is 11.6. The molecule has 0 N–H and O–H groups in total. The Morgan fingerprint density at radius 2 is 1.39 bits per heavy atom. The molecule has 0 aliphatic heterocycles. The number of hydrogen-bond donors (Lipinski definition) is 0. The van der Waals surface area contributed by atoms with E-state index >= 15 is 0 Å². The summed E-state index contributed by atoms with van der Waals surface area (Å²) in [6.07, 6.45) is 7.54. The van der Waals surface area contributed by atoms with Gasteiger partial charge in [-0.25, -0.2) is 0 Å². The van der Waals surface area contributed by atoms with E-state index in [1.165, 1.54) is 12.8 Å². The van der Waals surface area contributed by atoms with Gasteiger partial charge >= 0.3 is 11.9 Å². The van der Waals surface area contributed by atoms with Crippen molar-refractivity contribution < 1.29 is 19.1 Å². The predicted molar refractivity (Wildman–Crippen MR) is 93.6 cm³/mol. The Bertz CT molecular complexity index is 318. The molecule has 0 aromatic carbocycles. The number of carbonyl (C=O) groups is 2. The lowest BCUT2D eigenvalue weighted by atomic mass is 10.1. The van der Waals surface area contributed by atoms with Gasteiger partial charge in [-0.1, -0.05) is 39.5 Å². The van der Waals surface area contributed by atoms with Gasteiger partial charge < -0.3 is 9.47 Å². The number of unbranched alkanes of at least 4 members (excludes halogenated alkanes) is 5. The van der Waals surface area contributed by atoms with Gasteiger partial charge in [-0.3, -0.25) is 9.59 Å². The van der Waals surface area contributed by atoms with Gasteiger partial charge in [-0.05, 0) is 32.1 Å². The van der Waals surface area contributed by atoms with Crippen LogP contribution < -0.4 is 0 Å². The van der Waals surface area contributed by atoms with Gasteiger partial charge in [0, 0.05) is 18.7 Å². The van der Waals surface area contributed by atoms with Gasteiger partial charge in [0.2, 0.25) is 0 Å². The molecule has 0 saturated heterocycles. The van der Waals surface area contributed by atoms with E-state index in [1.807, 2.05) is 20.8 Å². The van der Waals surface area contributed by atoms with E-state index in [9.17, 15) is 9.59 Å². The number of carbonyl (C=O) groups excluding carboxylic acids is 2. The molecule has 5 heteroatoms. The van der Waals surface area contributed by atoms with Gasteiger partial charge in [0.1, 0.15) is 6.10 Å². The Labute approximate surface area is 146 Å². The van der Waals surface area contributed by atoms with Crippen molar-refractivity contribution in [3.63, 3.8) is 0 Å². The molecular weight excluding hydrogens is 316 g/mol. The molecule has 1 atom stereocenters. The molecular formula is C18H33ClO4. The first-order valence-corrected chi connectivity index (χ1v) is 9.42. The second kappa shape index (κ2) is 14.8. The summed E-state index contributed by atoms with van der Waals surface area (Å²) in [5.74, 6) is 0.577. The van der Waals surface area contributed by atoms with Crippen LogP contribution in [0.15, 0.2) is 0 Å². The van der Waals surface area contributed by atoms with Gasteiger partial charge in [0.05, 0.1) is 6.61 Å². The summed E-state index contributed by atoms with van der Waals surface area (Å²) in [7, 11) is 0. The number of alkyl halides is 1. The monoisotopic (exact) mass is 348 g/mol. The minimum atomic E-state index is -0.240. The van der Waals surface area contributed by atoms with Crippen molar-refractivity contribution in [1.29, 1.82) is 0 Å². The quantitative estimate of drug-likeness (QED) is 0.255. The van der Waals surface area contributed by atoms with E-state index in [1.54, 1.807) is 0 Å². The molecule has 0 rings (SSSR count). The zero-order chi connectivity index (χ0) is 17.5. The summed E-state index contributed by atoms with van der Waals surface area (Å²) in [4.78, 5) is 23.1. The first-order chi connectivity index (χ1) is 11.0. The van der Waals surface area contributed by atoms with Crippen molar-refractivity contribution in [2.75, 3.05) is 12.5 Å². The Balaban J connectivity index is 3.45. The Morgan fingerprint density at radius 3 is 2.00 bits per heavy atom. The molecule has 0 aromatic rings. The molecule has 23 heavy (non-hydrogen) atoms. The average Bonchev–Trinajstić information content (AvgIpc) is 2.49. The molecule has 4 nitrogen and oxygen atoms in total. The van der Waals surface area contributed by atoms with E-state index in [-0.39, 0.29) is 30.9 Å². The predicted octanol–water partition coefficient (Wildman–Crippen LogP) is 4.87. The summed E-state index contributed by atoms with van der Waals surface area (Å²) >= 11 is 5.61. The fourth-order valence-corrected chi connectivity index (χ4v) is 2.13. The average molecular weight is 349 g/mol. The zero-order valence-electron chi connectivity index (χ0n) is 14.9. The molecule has 0 spiro atoms. The number of halogens is 1. The lowest BCUT2D eigenvalue weighted by Gasteiger charge is -2.16. The van der Waals surface area contributed by atoms with E-state index < -0.39 is 0 Å². The fraction of sp³-hybridized carbons (Fsp3) is 0.889. The molecule has 0 aliphatic carbocycles. The van der Waals surface area contributed by atoms with Crippen LogP contribution in [0.5, 0.6) is 0 Å². The Morgan fingerprint density at radius 1 is 0.826 bits per heavy atom. The van der Waals surface area contributed by atoms with Gasteiger partial charge in [0.25, 0.3) is 0 Å². The van der Waals surface area contributed by atoms with E-state index in [0.717, 1.165) is 31.6 Å². The van der Waals surface area contributed by atoms with Crippen molar-refractivity contribution >= 4 is 23.5 Å². The maximum Gasteiger partial charge on any atom is 0.306 e. The number of rotatable bonds is 14. The van der Waals surface area contributed by atoms with Crippen LogP contribution in [0.1, 0.15) is 78.6 Å². The normalized spacial score (nSPS) is 12.2. The van der Waals surface area contributed by atoms with Crippen molar-refractivity contribution in [3.8, 4) is 0 Å². The Kier molecular flexibility index (Phi) is 14.3. The molecule has 0 aliphatic rings. The standard InChI is InChI=1S/C18H33ClO4/c1-15(2)16(3)23-18(21)12-10-11-17(20)22-14-9-7-5-4-6-8-13-19/h15-16H,4-14H2,1-3H3. The summed E-state index contributed by atoms with van der Waals surface area (Å²) in [6, 6.07) is 0. The minimum Gasteiger partial charge on any atom is -0.466 e. The lowest BCUT2D eigenvalue weighted by molar-refractivity contribution is -0.150. The van der Waals surface area contributed by atoms with Crippen LogP contribution in [-0.2, 0) is 19.1 Å². The third-order valence-electron chi connectivity index (χ3n) is 3.81. The first-order valence-electron chi connectivity index (χ1n) is 8.88. The van der Waals surface area contributed by atoms with Crippen molar-refractivity contribution in [3.05, 3.63) is 0 Å². The van der Waals surface area contributed by atoms with Crippen molar-refractivity contribution in [2.45, 2.75) is 84.7 Å². The number of hydrogen-bond acceptors (Lipinski definition) is 4. The van der Waals surface area contributed by atoms with Gasteiger partial charge in [0.15, 0.2) is 0 Å². The number of esters is 2. The zero-order valence-corrected chi connectivity index (χ0v) is 15.7. The minimum absolute atomic E-state index is 0.0844. The van der Waals surface area contributed by atoms with Crippen LogP contribution in [0, 0.1) is 5.92 Å². The van der Waals surface area contributed by atoms with E-state index in [2.05, 4.69) is 0 Å². The Hall–Kier alpha value is -0.770. The van der Waals surface area contributed by atoms with Crippen LogP contribution in [0.2, 0.25) is 0 Å². The molecule has 0 radical (unpaired) electrons. The van der Waals surface area contributed by atoms with E-state index in [0.29, 0.717) is 18.9 Å². The van der Waals surface area contributed by atoms with Crippen molar-refractivity contribution in [2.24, 2.45) is 5.92 Å². The van der Waals surface area contributed by atoms with Crippen LogP contribution >= 0.6 is 11.6 Å². The van der Waals surface area contributed by atoms with Gasteiger partial charge in [-0.2, -0.15) is 0 Å². The number of ether oxygens (including phenoxy) is 2. The molecule has 0 saturated carbocycles. The molecule has 0 amide bonds. The van der Waals surface area contributed by atoms with Crippen LogP contribution in [0.3, 0.4) is 0 Å². The smallest absolute Gasteiger partial charge is 0.306 e. The molecule has 1 unspecified atom stereocenters. The van der Waals surface area contributed by atoms with Crippen LogP contribution in [0.25, 0.3) is 0 Å². The summed E-state index contributed by atoms with van der Waals surface area (Å²) in [5, 5.41) is 0.